The molecule has 2 heteroatoms. The molecule has 0 rings (SSSR count). The minimum Gasteiger partial charge on any atom is -0.317 e. The third-order valence-corrected chi connectivity index (χ3v) is 1.14. The van der Waals surface area contributed by atoms with E-state index in [-0.39, 0.29) is 1.43 Å². The maximum absolute atomic E-state index is 8.12. The van der Waals surface area contributed by atoms with E-state index in [9.17, 15) is 0 Å². The van der Waals surface area contributed by atoms with Gasteiger partial charge in [0.1, 0.15) is 0 Å². The van der Waals surface area contributed by atoms with Crippen molar-refractivity contribution in [2.75, 3.05) is 6.54 Å². The fourth-order valence-corrected chi connectivity index (χ4v) is 0.631. The molecule has 0 fully saturated rings. The highest BCUT2D eigenvalue weighted by Gasteiger charge is 1.83. The highest BCUT2D eigenvalue weighted by atomic mass is 16.5. The summed E-state index contributed by atoms with van der Waals surface area (Å²) in [6.07, 6.45) is 4.85. The summed E-state index contributed by atoms with van der Waals surface area (Å²) in [5.41, 5.74) is 2.13. The third kappa shape index (κ3) is 5.92. The van der Waals surface area contributed by atoms with Crippen LogP contribution in [-0.2, 0) is 0 Å². The maximum atomic E-state index is 8.12. The van der Waals surface area contributed by atoms with E-state index in [1.807, 2.05) is 0 Å². The van der Waals surface area contributed by atoms with Crippen molar-refractivity contribution in [3.05, 3.63) is 0 Å². The van der Waals surface area contributed by atoms with Gasteiger partial charge in [-0.15, -0.1) is 0 Å². The highest BCUT2D eigenvalue weighted by Crippen LogP contribution is 1.96. The lowest BCUT2D eigenvalue weighted by molar-refractivity contribution is 0.164. The number of rotatable bonds is 5. The topological polar surface area (TPSA) is 32.3 Å². The van der Waals surface area contributed by atoms with Crippen LogP contribution in [0.5, 0.6) is 0 Å². The summed E-state index contributed by atoms with van der Waals surface area (Å²) in [7, 11) is 0. The van der Waals surface area contributed by atoms with E-state index in [4.69, 9.17) is 5.21 Å². The Morgan fingerprint density at radius 2 is 2.12 bits per heavy atom. The lowest BCUT2D eigenvalue weighted by Gasteiger charge is -1.94. The van der Waals surface area contributed by atoms with Gasteiger partial charge in [-0.05, 0) is 6.42 Å². The van der Waals surface area contributed by atoms with Gasteiger partial charge in [-0.25, -0.2) is 5.48 Å². The third-order valence-electron chi connectivity index (χ3n) is 1.14. The molecule has 0 spiro atoms. The second-order valence-electron chi connectivity index (χ2n) is 1.97. The van der Waals surface area contributed by atoms with Gasteiger partial charge in [0, 0.05) is 7.97 Å². The Morgan fingerprint density at radius 3 is 2.62 bits per heavy atom. The second-order valence-corrected chi connectivity index (χ2v) is 1.97. The first kappa shape index (κ1) is 7.92. The van der Waals surface area contributed by atoms with Crippen molar-refractivity contribution in [2.45, 2.75) is 32.6 Å². The fraction of sp³-hybridized carbons (Fsp3) is 1.00. The van der Waals surface area contributed by atoms with Gasteiger partial charge in [0.05, 0.1) is 0 Å². The second kappa shape index (κ2) is 6.92. The van der Waals surface area contributed by atoms with Crippen molar-refractivity contribution in [2.24, 2.45) is 0 Å². The summed E-state index contributed by atoms with van der Waals surface area (Å²) in [6, 6.07) is 0. The van der Waals surface area contributed by atoms with E-state index in [1.165, 1.54) is 19.3 Å². The average molecular weight is 119 g/mol. The minimum absolute atomic E-state index is 0. The van der Waals surface area contributed by atoms with Crippen LogP contribution in [0.1, 0.15) is 34.0 Å². The van der Waals surface area contributed by atoms with Crippen LogP contribution in [0.4, 0.5) is 0 Å². The fourth-order valence-electron chi connectivity index (χ4n) is 0.631. The van der Waals surface area contributed by atoms with E-state index < -0.39 is 0 Å². The van der Waals surface area contributed by atoms with Gasteiger partial charge in [-0.1, -0.05) is 26.2 Å². The normalized spacial score (nSPS) is 9.75. The molecule has 0 aliphatic carbocycles. The first-order chi connectivity index (χ1) is 3.91. The quantitative estimate of drug-likeness (QED) is 0.427. The van der Waals surface area contributed by atoms with Gasteiger partial charge >= 0.3 is 0 Å². The van der Waals surface area contributed by atoms with Crippen LogP contribution in [0, 0.1) is 0 Å². The van der Waals surface area contributed by atoms with E-state index >= 15 is 0 Å². The summed E-state index contributed by atoms with van der Waals surface area (Å²) in [5, 5.41) is 8.12. The summed E-state index contributed by atoms with van der Waals surface area (Å²) in [6.45, 7) is 2.91. The Hall–Kier alpha value is -0.0800. The molecule has 0 unspecified atom stereocenters. The Balaban J connectivity index is 0. The van der Waals surface area contributed by atoms with Crippen molar-refractivity contribution in [3.8, 4) is 0 Å². The molecule has 0 heterocycles. The van der Waals surface area contributed by atoms with Crippen molar-refractivity contribution in [1.29, 1.82) is 0 Å². The molecule has 0 aromatic carbocycles. The molecule has 0 bridgehead atoms. The number of nitrogens with one attached hydrogen (secondary N) is 1. The number of hydrogen-bond donors (Lipinski definition) is 2. The SMILES string of the molecule is CCCCCCNO.[HH]. The predicted octanol–water partition coefficient (Wildman–Crippen LogP) is 1.79. The minimum atomic E-state index is 0. The van der Waals surface area contributed by atoms with E-state index in [1.54, 1.807) is 0 Å². The molecule has 0 saturated carbocycles. The number of hydroxylamine groups is 1. The van der Waals surface area contributed by atoms with Crippen LogP contribution >= 0.6 is 0 Å². The van der Waals surface area contributed by atoms with Gasteiger partial charge in [0.2, 0.25) is 0 Å². The Morgan fingerprint density at radius 1 is 1.38 bits per heavy atom. The Labute approximate surface area is 52.3 Å². The van der Waals surface area contributed by atoms with E-state index in [0.29, 0.717) is 0 Å². The molecule has 0 aliphatic rings. The summed E-state index contributed by atoms with van der Waals surface area (Å²) in [4.78, 5) is 0. The van der Waals surface area contributed by atoms with Crippen molar-refractivity contribution in [1.82, 2.24) is 5.48 Å². The monoisotopic (exact) mass is 119 g/mol. The lowest BCUT2D eigenvalue weighted by atomic mass is 10.2. The van der Waals surface area contributed by atoms with Crippen molar-refractivity contribution in [3.63, 3.8) is 0 Å². The molecule has 0 saturated heterocycles. The van der Waals surface area contributed by atoms with Gasteiger partial charge in [0.15, 0.2) is 0 Å². The molecule has 0 atom stereocenters. The van der Waals surface area contributed by atoms with E-state index in [0.717, 1.165) is 13.0 Å². The zero-order valence-corrected chi connectivity index (χ0v) is 5.48. The zero-order valence-electron chi connectivity index (χ0n) is 5.48. The van der Waals surface area contributed by atoms with Gasteiger partial charge in [0.25, 0.3) is 0 Å². The van der Waals surface area contributed by atoms with E-state index in [2.05, 4.69) is 12.4 Å². The van der Waals surface area contributed by atoms with Crippen LogP contribution in [0.3, 0.4) is 0 Å². The predicted molar refractivity (Wildman–Crippen MR) is 36.0 cm³/mol. The molecule has 52 valence electrons. The molecule has 2 N–H and O–H groups in total. The van der Waals surface area contributed by atoms with Crippen LogP contribution < -0.4 is 5.48 Å². The molecular formula is C6H17NO. The van der Waals surface area contributed by atoms with Gasteiger partial charge < -0.3 is 5.21 Å². The van der Waals surface area contributed by atoms with Crippen molar-refractivity contribution >= 4 is 0 Å². The van der Waals surface area contributed by atoms with Crippen LogP contribution in [0.15, 0.2) is 0 Å². The first-order valence-corrected chi connectivity index (χ1v) is 3.28. The van der Waals surface area contributed by atoms with Crippen molar-refractivity contribution < 1.29 is 6.63 Å². The van der Waals surface area contributed by atoms with Crippen LogP contribution in [0.2, 0.25) is 0 Å². The number of hydrogen-bond acceptors (Lipinski definition) is 2. The molecule has 0 aromatic rings. The molecular weight excluding hydrogens is 102 g/mol. The van der Waals surface area contributed by atoms with Crippen LogP contribution in [-0.4, -0.2) is 11.8 Å². The molecule has 8 heavy (non-hydrogen) atoms. The highest BCUT2D eigenvalue weighted by molar-refractivity contribution is 4.39. The van der Waals surface area contributed by atoms with Gasteiger partial charge in [-0.3, -0.25) is 0 Å². The molecule has 0 aliphatic heterocycles. The average Bonchev–Trinajstić information content (AvgIpc) is 1.81. The summed E-state index contributed by atoms with van der Waals surface area (Å²) < 4.78 is 0. The molecule has 0 radical (unpaired) electrons. The molecule has 0 amide bonds. The lowest BCUT2D eigenvalue weighted by Crippen LogP contribution is -2.07. The molecule has 2 nitrogen and oxygen atoms in total. The zero-order chi connectivity index (χ0) is 6.24. The Bertz CT molecular complexity index is 38.0. The largest absolute Gasteiger partial charge is 0.317 e. The Kier molecular flexibility index (Phi) is 6.85. The molecule has 0 aromatic heterocycles. The summed E-state index contributed by atoms with van der Waals surface area (Å²) >= 11 is 0. The van der Waals surface area contributed by atoms with Crippen LogP contribution in [0.25, 0.3) is 0 Å². The summed E-state index contributed by atoms with van der Waals surface area (Å²) in [5.74, 6) is 0. The number of unbranched alkanes of at least 4 members (excludes halogenated alkanes) is 3. The smallest absolute Gasteiger partial charge is 0.0207 e. The first-order valence-electron chi connectivity index (χ1n) is 3.28. The van der Waals surface area contributed by atoms with Gasteiger partial charge in [-0.2, -0.15) is 0 Å². The standard InChI is InChI=1S/C6H15NO.H2/c1-2-3-4-5-6-7-8;/h7-8H,2-6H2,1H3;1H. The maximum Gasteiger partial charge on any atom is 0.0207 e.